The third-order valence-electron chi connectivity index (χ3n) is 3.76. The van der Waals surface area contributed by atoms with Crippen LogP contribution in [0.2, 0.25) is 0 Å². The van der Waals surface area contributed by atoms with Crippen LogP contribution in [0.25, 0.3) is 0 Å². The minimum Gasteiger partial charge on any atom is -0.466 e. The van der Waals surface area contributed by atoms with Crippen LogP contribution in [0.4, 0.5) is 0 Å². The zero-order valence-electron chi connectivity index (χ0n) is 9.78. The first kappa shape index (κ1) is 11.2. The van der Waals surface area contributed by atoms with Crippen molar-refractivity contribution in [2.24, 2.45) is 17.8 Å². The Morgan fingerprint density at radius 1 is 1.06 bits per heavy atom. The van der Waals surface area contributed by atoms with Crippen molar-refractivity contribution in [2.75, 3.05) is 14.2 Å². The first-order chi connectivity index (χ1) is 7.60. The van der Waals surface area contributed by atoms with E-state index >= 15 is 0 Å². The van der Waals surface area contributed by atoms with Crippen molar-refractivity contribution >= 4 is 11.9 Å². The maximum Gasteiger partial charge on any atom is 0.334 e. The van der Waals surface area contributed by atoms with Gasteiger partial charge in [-0.1, -0.05) is 6.92 Å². The fraction of sp³-hybridized carbons (Fsp3) is 0.667. The highest BCUT2D eigenvalue weighted by Gasteiger charge is 2.49. The molecule has 0 N–H and O–H groups in total. The maximum absolute atomic E-state index is 11.7. The molecule has 3 atom stereocenters. The number of carbonyl (C=O) groups excluding carboxylic acids is 2. The van der Waals surface area contributed by atoms with Crippen molar-refractivity contribution in [1.29, 1.82) is 0 Å². The van der Waals surface area contributed by atoms with Gasteiger partial charge in [0, 0.05) is 0 Å². The van der Waals surface area contributed by atoms with E-state index in [1.807, 2.05) is 0 Å². The summed E-state index contributed by atoms with van der Waals surface area (Å²) in [5.41, 5.74) is 1.11. The fourth-order valence-corrected chi connectivity index (χ4v) is 3.06. The SMILES string of the molecule is COC(=O)C1=C(C(=O)OC)C2CC1CC2C. The molecule has 2 rings (SSSR count). The topological polar surface area (TPSA) is 52.6 Å². The van der Waals surface area contributed by atoms with Crippen molar-refractivity contribution in [3.63, 3.8) is 0 Å². The third kappa shape index (κ3) is 1.44. The van der Waals surface area contributed by atoms with Gasteiger partial charge in [-0.25, -0.2) is 9.59 Å². The smallest absolute Gasteiger partial charge is 0.334 e. The van der Waals surface area contributed by atoms with E-state index in [1.165, 1.54) is 14.2 Å². The molecule has 4 heteroatoms. The molecular formula is C12H16O4. The molecule has 2 aliphatic rings. The van der Waals surface area contributed by atoms with Gasteiger partial charge in [0.1, 0.15) is 0 Å². The molecule has 0 amide bonds. The molecule has 4 nitrogen and oxygen atoms in total. The van der Waals surface area contributed by atoms with E-state index in [9.17, 15) is 9.59 Å². The molecule has 2 bridgehead atoms. The lowest BCUT2D eigenvalue weighted by atomic mass is 9.84. The van der Waals surface area contributed by atoms with E-state index in [0.29, 0.717) is 17.1 Å². The highest BCUT2D eigenvalue weighted by Crippen LogP contribution is 2.52. The number of hydrogen-bond donors (Lipinski definition) is 0. The number of methoxy groups -OCH3 is 2. The Balaban J connectivity index is 2.42. The van der Waals surface area contributed by atoms with Crippen LogP contribution >= 0.6 is 0 Å². The van der Waals surface area contributed by atoms with Crippen LogP contribution in [0.3, 0.4) is 0 Å². The predicted molar refractivity (Wildman–Crippen MR) is 56.4 cm³/mol. The average Bonchev–Trinajstić information content (AvgIpc) is 2.82. The second kappa shape index (κ2) is 3.92. The predicted octanol–water partition coefficient (Wildman–Crippen LogP) is 1.30. The van der Waals surface area contributed by atoms with E-state index in [0.717, 1.165) is 12.8 Å². The first-order valence-corrected chi connectivity index (χ1v) is 5.50. The Morgan fingerprint density at radius 3 is 2.19 bits per heavy atom. The van der Waals surface area contributed by atoms with E-state index in [2.05, 4.69) is 6.92 Å². The summed E-state index contributed by atoms with van der Waals surface area (Å²) in [4.78, 5) is 23.3. The Bertz CT molecular complexity index is 369. The molecule has 0 saturated heterocycles. The van der Waals surface area contributed by atoms with Crippen molar-refractivity contribution < 1.29 is 19.1 Å². The van der Waals surface area contributed by atoms with E-state index in [4.69, 9.17) is 9.47 Å². The van der Waals surface area contributed by atoms with Gasteiger partial charge in [-0.2, -0.15) is 0 Å². The standard InChI is InChI=1S/C12H16O4/c1-6-4-7-5-8(6)10(12(14)16-3)9(7)11(13)15-2/h6-8H,4-5H2,1-3H3. The van der Waals surface area contributed by atoms with Gasteiger partial charge < -0.3 is 9.47 Å². The molecule has 2 aliphatic carbocycles. The summed E-state index contributed by atoms with van der Waals surface area (Å²) < 4.78 is 9.50. The molecule has 0 aromatic rings. The summed E-state index contributed by atoms with van der Waals surface area (Å²) in [5, 5.41) is 0. The van der Waals surface area contributed by atoms with E-state index in [-0.39, 0.29) is 23.8 Å². The minimum atomic E-state index is -0.376. The summed E-state index contributed by atoms with van der Waals surface area (Å²) in [7, 11) is 2.69. The van der Waals surface area contributed by atoms with Crippen molar-refractivity contribution in [3.8, 4) is 0 Å². The molecule has 0 spiro atoms. The summed E-state index contributed by atoms with van der Waals surface area (Å²) in [5.74, 6) is 0.0554. The van der Waals surface area contributed by atoms with Crippen LogP contribution in [0.5, 0.6) is 0 Å². The second-order valence-electron chi connectivity index (χ2n) is 4.56. The Labute approximate surface area is 94.6 Å². The lowest BCUT2D eigenvalue weighted by molar-refractivity contribution is -0.140. The Kier molecular flexibility index (Phi) is 2.74. The van der Waals surface area contributed by atoms with Crippen LogP contribution < -0.4 is 0 Å². The van der Waals surface area contributed by atoms with Crippen molar-refractivity contribution in [3.05, 3.63) is 11.1 Å². The quantitative estimate of drug-likeness (QED) is 0.663. The van der Waals surface area contributed by atoms with Crippen molar-refractivity contribution in [1.82, 2.24) is 0 Å². The molecule has 88 valence electrons. The second-order valence-corrected chi connectivity index (χ2v) is 4.56. The molecule has 3 unspecified atom stereocenters. The summed E-state index contributed by atoms with van der Waals surface area (Å²) in [6.07, 6.45) is 1.85. The van der Waals surface area contributed by atoms with Gasteiger partial charge in [-0.05, 0) is 30.6 Å². The summed E-state index contributed by atoms with van der Waals surface area (Å²) in [6, 6.07) is 0. The zero-order valence-corrected chi connectivity index (χ0v) is 9.78. The number of esters is 2. The van der Waals surface area contributed by atoms with Gasteiger partial charge in [0.2, 0.25) is 0 Å². The third-order valence-corrected chi connectivity index (χ3v) is 3.76. The minimum absolute atomic E-state index is 0.173. The molecule has 1 fully saturated rings. The van der Waals surface area contributed by atoms with Crippen LogP contribution in [0.1, 0.15) is 19.8 Å². The van der Waals surface area contributed by atoms with Gasteiger partial charge in [0.25, 0.3) is 0 Å². The molecule has 0 heterocycles. The maximum atomic E-state index is 11.7. The number of fused-ring (bicyclic) bond motifs is 2. The molecule has 16 heavy (non-hydrogen) atoms. The first-order valence-electron chi connectivity index (χ1n) is 5.50. The normalized spacial score (nSPS) is 31.8. The lowest BCUT2D eigenvalue weighted by Gasteiger charge is -2.21. The van der Waals surface area contributed by atoms with E-state index < -0.39 is 0 Å². The molecule has 0 aromatic carbocycles. The van der Waals surface area contributed by atoms with Gasteiger partial charge in [0.05, 0.1) is 25.4 Å². The summed E-state index contributed by atoms with van der Waals surface area (Å²) in [6.45, 7) is 2.11. The van der Waals surface area contributed by atoms with Crippen LogP contribution in [-0.2, 0) is 19.1 Å². The molecule has 0 aliphatic heterocycles. The van der Waals surface area contributed by atoms with Crippen molar-refractivity contribution in [2.45, 2.75) is 19.8 Å². The molecule has 1 saturated carbocycles. The average molecular weight is 224 g/mol. The van der Waals surface area contributed by atoms with Gasteiger partial charge in [-0.15, -0.1) is 0 Å². The van der Waals surface area contributed by atoms with Crippen LogP contribution in [-0.4, -0.2) is 26.2 Å². The van der Waals surface area contributed by atoms with Crippen LogP contribution in [0, 0.1) is 17.8 Å². The number of hydrogen-bond acceptors (Lipinski definition) is 4. The molecular weight excluding hydrogens is 208 g/mol. The Hall–Kier alpha value is -1.32. The number of carbonyl (C=O) groups is 2. The van der Waals surface area contributed by atoms with Crippen LogP contribution in [0.15, 0.2) is 11.1 Å². The van der Waals surface area contributed by atoms with E-state index in [1.54, 1.807) is 0 Å². The monoisotopic (exact) mass is 224 g/mol. The zero-order chi connectivity index (χ0) is 11.9. The van der Waals surface area contributed by atoms with Gasteiger partial charge in [-0.3, -0.25) is 0 Å². The lowest BCUT2D eigenvalue weighted by Crippen LogP contribution is -2.23. The summed E-state index contributed by atoms with van der Waals surface area (Å²) >= 11 is 0. The van der Waals surface area contributed by atoms with Gasteiger partial charge >= 0.3 is 11.9 Å². The Morgan fingerprint density at radius 2 is 1.62 bits per heavy atom. The fourth-order valence-electron chi connectivity index (χ4n) is 3.06. The highest BCUT2D eigenvalue weighted by molar-refractivity contribution is 6.02. The molecule has 0 radical (unpaired) electrons. The largest absolute Gasteiger partial charge is 0.466 e. The van der Waals surface area contributed by atoms with Gasteiger partial charge in [0.15, 0.2) is 0 Å². The highest BCUT2D eigenvalue weighted by atomic mass is 16.5. The number of rotatable bonds is 2. The molecule has 0 aromatic heterocycles. The number of ether oxygens (including phenoxy) is 2.